The third-order valence-corrected chi connectivity index (χ3v) is 5.16. The van der Waals surface area contributed by atoms with Crippen LogP contribution in [0.25, 0.3) is 0 Å². The van der Waals surface area contributed by atoms with E-state index in [9.17, 15) is 9.90 Å². The van der Waals surface area contributed by atoms with E-state index in [1.165, 1.54) is 0 Å². The van der Waals surface area contributed by atoms with E-state index >= 15 is 0 Å². The Balaban J connectivity index is 1.69. The maximum Gasteiger partial charge on any atom is 0.256 e. The summed E-state index contributed by atoms with van der Waals surface area (Å²) in [7, 11) is 0. The lowest BCUT2D eigenvalue weighted by Gasteiger charge is -2.23. The van der Waals surface area contributed by atoms with Crippen molar-refractivity contribution >= 4 is 27.5 Å². The fraction of sp³-hybridized carbons (Fsp3) is 0.316. The number of hydrogen-bond donors (Lipinski definition) is 2. The summed E-state index contributed by atoms with van der Waals surface area (Å²) >= 11 is 3.40. The van der Waals surface area contributed by atoms with Crippen molar-refractivity contribution in [1.29, 1.82) is 0 Å². The van der Waals surface area contributed by atoms with Crippen LogP contribution in [0.3, 0.4) is 0 Å². The first-order chi connectivity index (χ1) is 12.1. The summed E-state index contributed by atoms with van der Waals surface area (Å²) in [5, 5.41) is 13.5. The highest BCUT2D eigenvalue weighted by molar-refractivity contribution is 9.10. The van der Waals surface area contributed by atoms with Gasteiger partial charge >= 0.3 is 0 Å². The van der Waals surface area contributed by atoms with Crippen molar-refractivity contribution in [2.45, 2.75) is 18.9 Å². The minimum absolute atomic E-state index is 0.238. The van der Waals surface area contributed by atoms with Gasteiger partial charge in [-0.2, -0.15) is 0 Å². The third-order valence-electron chi connectivity index (χ3n) is 4.47. The summed E-state index contributed by atoms with van der Waals surface area (Å²) in [4.78, 5) is 12.7. The topological polar surface area (TPSA) is 67.8 Å². The molecule has 1 aliphatic heterocycles. The second kappa shape index (κ2) is 6.69. The van der Waals surface area contributed by atoms with Crippen molar-refractivity contribution in [2.24, 2.45) is 5.92 Å². The Bertz CT molecular complexity index is 819. The number of fused-ring (bicyclic) bond motifs is 1. The molecule has 0 bridgehead atoms. The fourth-order valence-corrected chi connectivity index (χ4v) is 3.42. The second-order valence-electron chi connectivity index (χ2n) is 6.30. The van der Waals surface area contributed by atoms with E-state index in [0.29, 0.717) is 46.0 Å². The summed E-state index contributed by atoms with van der Waals surface area (Å²) in [5.41, 5.74) is 1.76. The van der Waals surface area contributed by atoms with Crippen LogP contribution in [-0.2, 0) is 0 Å². The molecule has 0 radical (unpaired) electrons. The highest BCUT2D eigenvalue weighted by Gasteiger charge is 2.33. The second-order valence-corrected chi connectivity index (χ2v) is 7.15. The van der Waals surface area contributed by atoms with Crippen LogP contribution >= 0.6 is 15.9 Å². The molecule has 1 aliphatic carbocycles. The summed E-state index contributed by atoms with van der Waals surface area (Å²) in [6, 6.07) is 10.8. The number of halogens is 1. The Morgan fingerprint density at radius 3 is 2.52 bits per heavy atom. The number of benzene rings is 2. The molecule has 1 amide bonds. The SMILES string of the molecule is O=C(Nc1cc2c(cc1[C@@H](O)C1CC1)OCCO2)c1ccccc1Br. The summed E-state index contributed by atoms with van der Waals surface area (Å²) in [6.45, 7) is 0.948. The van der Waals surface area contributed by atoms with Gasteiger partial charge in [-0.3, -0.25) is 4.79 Å². The number of amides is 1. The first-order valence-electron chi connectivity index (χ1n) is 8.31. The van der Waals surface area contributed by atoms with Crippen LogP contribution < -0.4 is 14.8 Å². The van der Waals surface area contributed by atoms with Gasteiger partial charge in [-0.15, -0.1) is 0 Å². The van der Waals surface area contributed by atoms with E-state index in [4.69, 9.17) is 9.47 Å². The number of anilines is 1. The van der Waals surface area contributed by atoms with E-state index in [2.05, 4.69) is 21.2 Å². The molecule has 0 saturated heterocycles. The standard InChI is InChI=1S/C19H18BrNO4/c20-14-4-2-1-3-12(14)19(23)21-15-10-17-16(24-7-8-25-17)9-13(15)18(22)11-5-6-11/h1-4,9-11,18,22H,5-8H2,(H,21,23)/t18-/m0/s1. The van der Waals surface area contributed by atoms with Crippen LogP contribution in [0.4, 0.5) is 5.69 Å². The van der Waals surface area contributed by atoms with Crippen LogP contribution in [0.15, 0.2) is 40.9 Å². The predicted molar refractivity (Wildman–Crippen MR) is 97.2 cm³/mol. The molecule has 6 heteroatoms. The molecule has 1 atom stereocenters. The van der Waals surface area contributed by atoms with Crippen LogP contribution in [0.2, 0.25) is 0 Å². The summed E-state index contributed by atoms with van der Waals surface area (Å²) in [6.07, 6.45) is 1.37. The van der Waals surface area contributed by atoms with Gasteiger partial charge in [0.2, 0.25) is 0 Å². The number of rotatable bonds is 4. The van der Waals surface area contributed by atoms with E-state index in [-0.39, 0.29) is 11.8 Å². The average Bonchev–Trinajstić information content (AvgIpc) is 3.46. The minimum Gasteiger partial charge on any atom is -0.486 e. The van der Waals surface area contributed by atoms with Crippen LogP contribution in [0.5, 0.6) is 11.5 Å². The van der Waals surface area contributed by atoms with E-state index in [1.54, 1.807) is 18.2 Å². The monoisotopic (exact) mass is 403 g/mol. The number of aliphatic hydroxyl groups excluding tert-OH is 1. The number of ether oxygens (including phenoxy) is 2. The number of carbonyl (C=O) groups is 1. The molecule has 0 spiro atoms. The van der Waals surface area contributed by atoms with Crippen molar-refractivity contribution < 1.29 is 19.4 Å². The van der Waals surface area contributed by atoms with Crippen LogP contribution in [-0.4, -0.2) is 24.2 Å². The molecule has 4 rings (SSSR count). The molecule has 5 nitrogen and oxygen atoms in total. The Labute approximate surface area is 154 Å². The van der Waals surface area contributed by atoms with Crippen LogP contribution in [0, 0.1) is 5.92 Å². The molecule has 2 aromatic carbocycles. The van der Waals surface area contributed by atoms with Crippen LogP contribution in [0.1, 0.15) is 34.9 Å². The fourth-order valence-electron chi connectivity index (χ4n) is 2.96. The van der Waals surface area contributed by atoms with Crippen molar-refractivity contribution in [2.75, 3.05) is 18.5 Å². The summed E-state index contributed by atoms with van der Waals surface area (Å²) in [5.74, 6) is 1.19. The molecule has 2 aliphatic rings. The third kappa shape index (κ3) is 3.37. The lowest BCUT2D eigenvalue weighted by Crippen LogP contribution is -2.19. The van der Waals surface area contributed by atoms with Crippen molar-refractivity contribution in [3.63, 3.8) is 0 Å². The van der Waals surface area contributed by atoms with Gasteiger partial charge in [0, 0.05) is 16.1 Å². The molecular formula is C19H18BrNO4. The number of nitrogens with one attached hydrogen (secondary N) is 1. The van der Waals surface area contributed by atoms with Gasteiger partial charge in [-0.25, -0.2) is 0 Å². The van der Waals surface area contributed by atoms with E-state index in [0.717, 1.165) is 12.8 Å². The van der Waals surface area contributed by atoms with Gasteiger partial charge in [0.1, 0.15) is 13.2 Å². The molecule has 2 aromatic rings. The number of carbonyl (C=O) groups excluding carboxylic acids is 1. The molecule has 1 heterocycles. The smallest absolute Gasteiger partial charge is 0.256 e. The van der Waals surface area contributed by atoms with E-state index < -0.39 is 6.10 Å². The first kappa shape index (κ1) is 16.4. The average molecular weight is 404 g/mol. The van der Waals surface area contributed by atoms with Gasteiger partial charge in [-0.1, -0.05) is 12.1 Å². The minimum atomic E-state index is -0.620. The van der Waals surface area contributed by atoms with Crippen molar-refractivity contribution in [3.8, 4) is 11.5 Å². The Kier molecular flexibility index (Phi) is 4.39. The highest BCUT2D eigenvalue weighted by atomic mass is 79.9. The number of aliphatic hydroxyl groups is 1. The van der Waals surface area contributed by atoms with Gasteiger partial charge < -0.3 is 19.9 Å². The maximum atomic E-state index is 12.7. The highest BCUT2D eigenvalue weighted by Crippen LogP contribution is 2.46. The lowest BCUT2D eigenvalue weighted by atomic mass is 10.0. The van der Waals surface area contributed by atoms with Gasteiger partial charge in [0.15, 0.2) is 11.5 Å². The molecule has 1 fully saturated rings. The van der Waals surface area contributed by atoms with Crippen molar-refractivity contribution in [1.82, 2.24) is 0 Å². The lowest BCUT2D eigenvalue weighted by molar-refractivity contribution is 0.102. The Morgan fingerprint density at radius 1 is 1.16 bits per heavy atom. The molecule has 1 saturated carbocycles. The number of hydrogen-bond acceptors (Lipinski definition) is 4. The Hall–Kier alpha value is -2.05. The predicted octanol–water partition coefficient (Wildman–Crippen LogP) is 3.92. The summed E-state index contributed by atoms with van der Waals surface area (Å²) < 4.78 is 12.0. The normalized spacial score (nSPS) is 17.0. The van der Waals surface area contributed by atoms with Crippen molar-refractivity contribution in [3.05, 3.63) is 52.0 Å². The molecule has 25 heavy (non-hydrogen) atoms. The quantitative estimate of drug-likeness (QED) is 0.811. The molecule has 2 N–H and O–H groups in total. The van der Waals surface area contributed by atoms with Gasteiger partial charge in [-0.05, 0) is 52.9 Å². The van der Waals surface area contributed by atoms with Gasteiger partial charge in [0.05, 0.1) is 17.4 Å². The zero-order chi connectivity index (χ0) is 17.4. The first-order valence-corrected chi connectivity index (χ1v) is 9.10. The van der Waals surface area contributed by atoms with E-state index in [1.807, 2.05) is 18.2 Å². The molecule has 0 unspecified atom stereocenters. The molecular weight excluding hydrogens is 386 g/mol. The largest absolute Gasteiger partial charge is 0.486 e. The molecule has 130 valence electrons. The Morgan fingerprint density at radius 2 is 1.84 bits per heavy atom. The zero-order valence-electron chi connectivity index (χ0n) is 13.5. The molecule has 0 aromatic heterocycles. The zero-order valence-corrected chi connectivity index (χ0v) is 15.1. The van der Waals surface area contributed by atoms with Gasteiger partial charge in [0.25, 0.3) is 5.91 Å². The maximum absolute atomic E-state index is 12.7.